The summed E-state index contributed by atoms with van der Waals surface area (Å²) in [6.45, 7) is 7.26. The lowest BCUT2D eigenvalue weighted by molar-refractivity contribution is 0.0743. The van der Waals surface area contributed by atoms with E-state index < -0.39 is 6.09 Å². The van der Waals surface area contributed by atoms with Crippen LogP contribution in [0.4, 0.5) is 22.2 Å². The molecule has 5 rings (SSSR count). The van der Waals surface area contributed by atoms with Crippen molar-refractivity contribution in [3.05, 3.63) is 48.1 Å². The molecule has 0 saturated carbocycles. The fraction of sp³-hybridized carbons (Fsp3) is 0.462. The second kappa shape index (κ2) is 9.42. The predicted octanol–water partition coefficient (Wildman–Crippen LogP) is 5.07. The molecule has 0 spiro atoms. The van der Waals surface area contributed by atoms with Gasteiger partial charge in [0.2, 0.25) is 5.95 Å². The first-order chi connectivity index (χ1) is 17.2. The van der Waals surface area contributed by atoms with E-state index in [0.717, 1.165) is 35.3 Å². The molecule has 4 heterocycles. The highest BCUT2D eigenvalue weighted by molar-refractivity contribution is 5.69. The van der Waals surface area contributed by atoms with Gasteiger partial charge in [-0.2, -0.15) is 4.98 Å². The third-order valence-electron chi connectivity index (χ3n) is 6.77. The van der Waals surface area contributed by atoms with Gasteiger partial charge in [0, 0.05) is 43.4 Å². The van der Waals surface area contributed by atoms with Crippen LogP contribution in [-0.2, 0) is 11.2 Å². The van der Waals surface area contributed by atoms with Crippen molar-refractivity contribution in [2.24, 2.45) is 5.41 Å². The molecule has 2 atom stereocenters. The van der Waals surface area contributed by atoms with Crippen molar-refractivity contribution in [1.82, 2.24) is 19.9 Å². The van der Waals surface area contributed by atoms with E-state index in [1.54, 1.807) is 6.20 Å². The van der Waals surface area contributed by atoms with E-state index in [1.807, 2.05) is 36.2 Å². The molecule has 2 unspecified atom stereocenters. The molecule has 0 aliphatic carbocycles. The molecule has 1 amide bonds. The van der Waals surface area contributed by atoms with Crippen LogP contribution in [0.2, 0.25) is 0 Å². The Morgan fingerprint density at radius 2 is 2.00 bits per heavy atom. The van der Waals surface area contributed by atoms with Crippen molar-refractivity contribution >= 4 is 23.5 Å². The van der Waals surface area contributed by atoms with Crippen molar-refractivity contribution in [3.63, 3.8) is 0 Å². The highest BCUT2D eigenvalue weighted by atomic mass is 16.5. The summed E-state index contributed by atoms with van der Waals surface area (Å²) in [5.41, 5.74) is 3.13. The van der Waals surface area contributed by atoms with E-state index in [0.29, 0.717) is 37.1 Å². The molecule has 0 bridgehead atoms. The van der Waals surface area contributed by atoms with Crippen LogP contribution in [0.5, 0.6) is 0 Å². The molecule has 2 N–H and O–H groups in total. The molecule has 3 aromatic rings. The molecule has 2 aliphatic heterocycles. The van der Waals surface area contributed by atoms with E-state index in [4.69, 9.17) is 19.1 Å². The van der Waals surface area contributed by atoms with Gasteiger partial charge in [-0.05, 0) is 42.5 Å². The number of carboxylic acid groups (broad SMARTS) is 1. The molecule has 2 aromatic heterocycles. The molecule has 10 heteroatoms. The van der Waals surface area contributed by atoms with Crippen molar-refractivity contribution < 1.29 is 19.1 Å². The van der Waals surface area contributed by atoms with Gasteiger partial charge in [-0.25, -0.2) is 14.8 Å². The van der Waals surface area contributed by atoms with Crippen LogP contribution in [0.1, 0.15) is 50.9 Å². The first kappa shape index (κ1) is 24.1. The summed E-state index contributed by atoms with van der Waals surface area (Å²) >= 11 is 0. The third kappa shape index (κ3) is 4.60. The third-order valence-corrected chi connectivity index (χ3v) is 6.77. The van der Waals surface area contributed by atoms with E-state index in [1.165, 1.54) is 11.3 Å². The topological polar surface area (TPSA) is 117 Å². The zero-order valence-corrected chi connectivity index (χ0v) is 21.1. The predicted molar refractivity (Wildman–Crippen MR) is 135 cm³/mol. The summed E-state index contributed by atoms with van der Waals surface area (Å²) in [4.78, 5) is 29.5. The van der Waals surface area contributed by atoms with Crippen LogP contribution in [0.3, 0.4) is 0 Å². The zero-order valence-electron chi connectivity index (χ0n) is 21.1. The van der Waals surface area contributed by atoms with Gasteiger partial charge in [0.15, 0.2) is 12.2 Å². The van der Waals surface area contributed by atoms with E-state index in [2.05, 4.69) is 31.1 Å². The summed E-state index contributed by atoms with van der Waals surface area (Å²) in [7, 11) is 1.97. The Labute approximate surface area is 210 Å². The monoisotopic (exact) mass is 492 g/mol. The fourth-order valence-electron chi connectivity index (χ4n) is 5.12. The van der Waals surface area contributed by atoms with Crippen LogP contribution in [0.25, 0.3) is 11.3 Å². The van der Waals surface area contributed by atoms with Crippen molar-refractivity contribution in [2.45, 2.75) is 52.3 Å². The smallest absolute Gasteiger partial charge is 0.407 e. The molecule has 190 valence electrons. The summed E-state index contributed by atoms with van der Waals surface area (Å²) < 4.78 is 11.3. The Morgan fingerprint density at radius 1 is 1.22 bits per heavy atom. The molecule has 1 aromatic carbocycles. The minimum atomic E-state index is -0.930. The maximum atomic E-state index is 12.2. The summed E-state index contributed by atoms with van der Waals surface area (Å²) in [5.74, 6) is 1.87. The number of rotatable bonds is 5. The molecule has 0 radical (unpaired) electrons. The lowest BCUT2D eigenvalue weighted by atomic mass is 9.78. The van der Waals surface area contributed by atoms with Gasteiger partial charge in [-0.3, -0.25) is 0 Å². The van der Waals surface area contributed by atoms with Crippen molar-refractivity contribution in [1.29, 1.82) is 0 Å². The number of hydrogen-bond acceptors (Lipinski definition) is 8. The minimum absolute atomic E-state index is 0.112. The molecule has 1 fully saturated rings. The van der Waals surface area contributed by atoms with Crippen LogP contribution < -0.4 is 10.2 Å². The maximum Gasteiger partial charge on any atom is 0.407 e. The van der Waals surface area contributed by atoms with Gasteiger partial charge < -0.3 is 29.4 Å². The number of amides is 1. The minimum Gasteiger partial charge on any atom is -0.465 e. The normalized spacial score (nSPS) is 19.7. The van der Waals surface area contributed by atoms with E-state index in [-0.39, 0.29) is 17.7 Å². The first-order valence-electron chi connectivity index (χ1n) is 12.2. The van der Waals surface area contributed by atoms with Crippen molar-refractivity contribution in [2.75, 3.05) is 30.4 Å². The summed E-state index contributed by atoms with van der Waals surface area (Å²) in [6, 6.07) is 7.39. The average Bonchev–Trinajstić information content (AvgIpc) is 3.57. The lowest BCUT2D eigenvalue weighted by Gasteiger charge is -2.44. The molecular formula is C26H32N6O4. The number of hydrogen-bond donors (Lipinski definition) is 2. The largest absolute Gasteiger partial charge is 0.465 e. The second-order valence-electron chi connectivity index (χ2n) is 10.4. The van der Waals surface area contributed by atoms with Gasteiger partial charge in [0.25, 0.3) is 0 Å². The van der Waals surface area contributed by atoms with Gasteiger partial charge in [0.1, 0.15) is 12.0 Å². The Kier molecular flexibility index (Phi) is 6.29. The number of oxazole rings is 1. The Morgan fingerprint density at radius 3 is 2.61 bits per heavy atom. The van der Waals surface area contributed by atoms with E-state index >= 15 is 0 Å². The molecule has 10 nitrogen and oxygen atoms in total. The van der Waals surface area contributed by atoms with Crippen LogP contribution >= 0.6 is 0 Å². The molecule has 36 heavy (non-hydrogen) atoms. The number of aromatic nitrogens is 3. The SMILES string of the molecule is CN(c1nc(Nc2ccc(-c3cnco3)cc2)nc2c1C(C(C)(C)C)N(C(=O)O)CC2)C1CCCO1. The molecule has 2 aliphatic rings. The van der Waals surface area contributed by atoms with Gasteiger partial charge in [-0.1, -0.05) is 20.8 Å². The Bertz CT molecular complexity index is 1220. The number of anilines is 3. The zero-order chi connectivity index (χ0) is 25.4. The van der Waals surface area contributed by atoms with E-state index in [9.17, 15) is 9.90 Å². The quantitative estimate of drug-likeness (QED) is 0.503. The van der Waals surface area contributed by atoms with Crippen LogP contribution in [0, 0.1) is 5.41 Å². The van der Waals surface area contributed by atoms with Gasteiger partial charge in [0.05, 0.1) is 17.9 Å². The highest BCUT2D eigenvalue weighted by Crippen LogP contribution is 2.46. The van der Waals surface area contributed by atoms with Gasteiger partial charge >= 0.3 is 6.09 Å². The fourth-order valence-corrected chi connectivity index (χ4v) is 5.12. The number of nitrogens with one attached hydrogen (secondary N) is 1. The second-order valence-corrected chi connectivity index (χ2v) is 10.4. The number of benzene rings is 1. The maximum absolute atomic E-state index is 12.2. The Balaban J connectivity index is 1.55. The number of fused-ring (bicyclic) bond motifs is 1. The number of carbonyl (C=O) groups is 1. The molecular weight excluding hydrogens is 460 g/mol. The Hall–Kier alpha value is -3.66. The van der Waals surface area contributed by atoms with Crippen LogP contribution in [-0.4, -0.2) is 57.5 Å². The highest BCUT2D eigenvalue weighted by Gasteiger charge is 2.43. The number of nitrogens with zero attached hydrogens (tertiary/aromatic N) is 5. The van der Waals surface area contributed by atoms with Gasteiger partial charge in [-0.15, -0.1) is 0 Å². The lowest BCUT2D eigenvalue weighted by Crippen LogP contribution is -2.46. The van der Waals surface area contributed by atoms with Crippen molar-refractivity contribution in [3.8, 4) is 11.3 Å². The molecule has 1 saturated heterocycles. The standard InChI is InChI=1S/C26H32N6O4/c1-26(2,3)22-21-18(11-12-32(22)25(33)34)29-24(30-23(21)31(4)20-6-5-13-35-20)28-17-9-7-16(8-10-17)19-14-27-15-36-19/h7-10,14-15,20,22H,5-6,11-13H2,1-4H3,(H,33,34)(H,28,29,30). The summed E-state index contributed by atoms with van der Waals surface area (Å²) in [6.07, 6.45) is 4.43. The first-order valence-corrected chi connectivity index (χ1v) is 12.2. The summed E-state index contributed by atoms with van der Waals surface area (Å²) in [5, 5.41) is 13.3. The average molecular weight is 493 g/mol. The van der Waals surface area contributed by atoms with Crippen LogP contribution in [0.15, 0.2) is 41.3 Å². The number of ether oxygens (including phenoxy) is 1.